The summed E-state index contributed by atoms with van der Waals surface area (Å²) in [4.78, 5) is 18.1. The first-order valence-corrected chi connectivity index (χ1v) is 10.9. The summed E-state index contributed by atoms with van der Waals surface area (Å²) in [5.74, 6) is 2.34. The number of benzene rings is 2. The van der Waals surface area contributed by atoms with Crippen molar-refractivity contribution in [3.05, 3.63) is 81.7 Å². The molecule has 0 unspecified atom stereocenters. The van der Waals surface area contributed by atoms with Crippen LogP contribution < -0.4 is 18.9 Å². The highest BCUT2D eigenvalue weighted by Crippen LogP contribution is 2.44. The minimum absolute atomic E-state index is 0.221. The molecule has 8 heteroatoms. The molecule has 1 aromatic heterocycles. The van der Waals surface area contributed by atoms with Crippen molar-refractivity contribution >= 4 is 34.5 Å². The molecule has 0 N–H and O–H groups in total. The lowest BCUT2D eigenvalue weighted by Crippen LogP contribution is -2.08. The number of carbonyl (C=O) groups is 1. The molecule has 0 saturated carbocycles. The maximum Gasteiger partial charge on any atom is 0.364 e. The van der Waals surface area contributed by atoms with Crippen LogP contribution in [0.2, 0.25) is 0 Å². The fourth-order valence-electron chi connectivity index (χ4n) is 3.68. The van der Waals surface area contributed by atoms with Crippen molar-refractivity contribution in [3.8, 4) is 23.0 Å². The largest absolute Gasteiger partial charge is 0.493 e. The van der Waals surface area contributed by atoms with Crippen molar-refractivity contribution in [2.45, 2.75) is 0 Å². The van der Waals surface area contributed by atoms with Gasteiger partial charge in [-0.05, 0) is 35.7 Å². The van der Waals surface area contributed by atoms with E-state index in [4.69, 9.17) is 23.7 Å². The molecule has 0 aliphatic carbocycles. The normalized spacial score (nSPS) is 16.9. The highest BCUT2D eigenvalue weighted by Gasteiger charge is 2.31. The van der Waals surface area contributed by atoms with Gasteiger partial charge in [-0.25, -0.2) is 9.79 Å². The topological polar surface area (TPSA) is 75.6 Å². The fraction of sp³-hybridized carbons (Fsp3) is 0.120. The van der Waals surface area contributed by atoms with Gasteiger partial charge in [0.05, 0.1) is 26.2 Å². The summed E-state index contributed by atoms with van der Waals surface area (Å²) >= 11 is 1.46. The van der Waals surface area contributed by atoms with E-state index >= 15 is 0 Å². The number of rotatable bonds is 5. The van der Waals surface area contributed by atoms with Crippen LogP contribution in [0, 0.1) is 0 Å². The molecule has 7 nitrogen and oxygen atoms in total. The van der Waals surface area contributed by atoms with E-state index in [9.17, 15) is 4.79 Å². The molecule has 0 radical (unpaired) electrons. The molecule has 2 aliphatic rings. The molecular formula is C25H19NO6S. The number of nitrogens with zero attached hydrogens (tertiary/aromatic N) is 1. The van der Waals surface area contributed by atoms with Gasteiger partial charge in [0.25, 0.3) is 0 Å². The average molecular weight is 461 g/mol. The standard InChI is InChI=1S/C25H19NO6S/c1-28-19-11-14(12-20(29-2)23(19)30-3)18-13-16(15-7-4-5-8-17(15)31-18)22-25(27)32-24(26-22)21-9-6-10-33-21/h4-13H,1-3H3. The number of methoxy groups -OCH3 is 3. The summed E-state index contributed by atoms with van der Waals surface area (Å²) in [5.41, 5.74) is 2.26. The van der Waals surface area contributed by atoms with Crippen molar-refractivity contribution in [3.63, 3.8) is 0 Å². The van der Waals surface area contributed by atoms with Crippen molar-refractivity contribution in [2.75, 3.05) is 21.3 Å². The second-order valence-electron chi connectivity index (χ2n) is 7.07. The van der Waals surface area contributed by atoms with Gasteiger partial charge in [0.15, 0.2) is 17.2 Å². The SMILES string of the molecule is COc1cc(C2=CC(=C3N=C(c4cccs4)OC3=O)c3ccccc3O2)cc(OC)c1OC. The summed E-state index contributed by atoms with van der Waals surface area (Å²) in [6.07, 6.45) is 1.78. The highest BCUT2D eigenvalue weighted by atomic mass is 32.1. The zero-order valence-electron chi connectivity index (χ0n) is 18.1. The van der Waals surface area contributed by atoms with Gasteiger partial charge >= 0.3 is 5.97 Å². The maximum absolute atomic E-state index is 12.8. The van der Waals surface area contributed by atoms with E-state index in [0.717, 1.165) is 10.4 Å². The molecule has 166 valence electrons. The number of thiophene rings is 1. The zero-order chi connectivity index (χ0) is 22.9. The van der Waals surface area contributed by atoms with Gasteiger partial charge in [-0.1, -0.05) is 24.3 Å². The Morgan fingerprint density at radius 2 is 1.67 bits per heavy atom. The third-order valence-corrected chi connectivity index (χ3v) is 6.06. The fourth-order valence-corrected chi connectivity index (χ4v) is 4.33. The summed E-state index contributed by atoms with van der Waals surface area (Å²) in [6, 6.07) is 14.8. The van der Waals surface area contributed by atoms with Crippen LogP contribution >= 0.6 is 11.3 Å². The predicted molar refractivity (Wildman–Crippen MR) is 125 cm³/mol. The van der Waals surface area contributed by atoms with Crippen LogP contribution in [0.15, 0.2) is 70.7 Å². The molecule has 2 aromatic carbocycles. The minimum Gasteiger partial charge on any atom is -0.493 e. The average Bonchev–Trinajstić information content (AvgIpc) is 3.52. The predicted octanol–water partition coefficient (Wildman–Crippen LogP) is 4.92. The lowest BCUT2D eigenvalue weighted by molar-refractivity contribution is -0.129. The molecule has 0 atom stereocenters. The zero-order valence-corrected chi connectivity index (χ0v) is 18.9. The number of hydrogen-bond donors (Lipinski definition) is 0. The molecule has 5 rings (SSSR count). The van der Waals surface area contributed by atoms with Crippen LogP contribution in [0.4, 0.5) is 0 Å². The van der Waals surface area contributed by atoms with Gasteiger partial charge in [-0.15, -0.1) is 11.3 Å². The van der Waals surface area contributed by atoms with Gasteiger partial charge in [0.1, 0.15) is 11.5 Å². The summed E-state index contributed by atoms with van der Waals surface area (Å²) < 4.78 is 28.1. The Balaban J connectivity index is 1.69. The molecular weight excluding hydrogens is 442 g/mol. The van der Waals surface area contributed by atoms with Crippen molar-refractivity contribution < 1.29 is 28.5 Å². The highest BCUT2D eigenvalue weighted by molar-refractivity contribution is 7.12. The number of cyclic esters (lactones) is 1. The van der Waals surface area contributed by atoms with E-state index in [-0.39, 0.29) is 5.70 Å². The monoisotopic (exact) mass is 461 g/mol. The molecule has 33 heavy (non-hydrogen) atoms. The second-order valence-corrected chi connectivity index (χ2v) is 8.01. The van der Waals surface area contributed by atoms with Gasteiger partial charge in [-0.3, -0.25) is 0 Å². The first kappa shape index (κ1) is 20.8. The van der Waals surface area contributed by atoms with Gasteiger partial charge in [-0.2, -0.15) is 0 Å². The Bertz CT molecular complexity index is 1310. The van der Waals surface area contributed by atoms with Gasteiger partial charge in [0.2, 0.25) is 11.6 Å². The Morgan fingerprint density at radius 3 is 2.33 bits per heavy atom. The molecule has 2 aliphatic heterocycles. The molecule has 0 bridgehead atoms. The van der Waals surface area contributed by atoms with Crippen molar-refractivity contribution in [2.24, 2.45) is 4.99 Å². The molecule has 0 spiro atoms. The molecule has 3 heterocycles. The van der Waals surface area contributed by atoms with Gasteiger partial charge in [0, 0.05) is 16.7 Å². The van der Waals surface area contributed by atoms with Crippen LogP contribution in [-0.4, -0.2) is 33.2 Å². The number of fused-ring (bicyclic) bond motifs is 1. The Labute approximate surface area is 194 Å². The smallest absolute Gasteiger partial charge is 0.364 e. The molecule has 0 saturated heterocycles. The molecule has 0 fully saturated rings. The van der Waals surface area contributed by atoms with Crippen molar-refractivity contribution in [1.82, 2.24) is 0 Å². The first-order valence-electron chi connectivity index (χ1n) is 10.0. The summed E-state index contributed by atoms with van der Waals surface area (Å²) in [7, 11) is 4.65. The minimum atomic E-state index is -0.509. The quantitative estimate of drug-likeness (QED) is 0.397. The summed E-state index contributed by atoms with van der Waals surface area (Å²) in [6.45, 7) is 0. The van der Waals surface area contributed by atoms with E-state index in [1.807, 2.05) is 41.8 Å². The van der Waals surface area contributed by atoms with Crippen LogP contribution in [0.25, 0.3) is 11.3 Å². The van der Waals surface area contributed by atoms with E-state index in [1.54, 1.807) is 39.5 Å². The van der Waals surface area contributed by atoms with Crippen LogP contribution in [-0.2, 0) is 9.53 Å². The van der Waals surface area contributed by atoms with E-state index in [0.29, 0.717) is 45.8 Å². The Kier molecular flexibility index (Phi) is 5.35. The number of ether oxygens (including phenoxy) is 5. The lowest BCUT2D eigenvalue weighted by Gasteiger charge is -2.22. The number of esters is 1. The van der Waals surface area contributed by atoms with Crippen LogP contribution in [0.1, 0.15) is 16.0 Å². The first-order chi connectivity index (χ1) is 16.1. The third-order valence-electron chi connectivity index (χ3n) is 5.20. The maximum atomic E-state index is 12.8. The van der Waals surface area contributed by atoms with E-state index < -0.39 is 5.97 Å². The number of para-hydroxylation sites is 1. The van der Waals surface area contributed by atoms with E-state index in [1.165, 1.54) is 11.3 Å². The van der Waals surface area contributed by atoms with Crippen molar-refractivity contribution in [1.29, 1.82) is 0 Å². The number of carbonyl (C=O) groups excluding carboxylic acids is 1. The van der Waals surface area contributed by atoms with Crippen LogP contribution in [0.3, 0.4) is 0 Å². The number of hydrogen-bond acceptors (Lipinski definition) is 8. The second kappa shape index (κ2) is 8.48. The number of allylic oxidation sites excluding steroid dienone is 2. The van der Waals surface area contributed by atoms with Gasteiger partial charge < -0.3 is 23.7 Å². The Hall–Kier alpha value is -4.04. The lowest BCUT2D eigenvalue weighted by atomic mass is 9.97. The Morgan fingerprint density at radius 1 is 0.909 bits per heavy atom. The van der Waals surface area contributed by atoms with Crippen LogP contribution in [0.5, 0.6) is 23.0 Å². The summed E-state index contributed by atoms with van der Waals surface area (Å²) in [5, 5.41) is 1.91. The molecule has 3 aromatic rings. The third kappa shape index (κ3) is 3.64. The van der Waals surface area contributed by atoms with E-state index in [2.05, 4.69) is 4.99 Å². The number of aliphatic imine (C=N–C) groups is 1. The molecule has 0 amide bonds.